The van der Waals surface area contributed by atoms with E-state index in [0.29, 0.717) is 12.6 Å². The van der Waals surface area contributed by atoms with Gasteiger partial charge in [-0.15, -0.1) is 0 Å². The molecule has 0 amide bonds. The van der Waals surface area contributed by atoms with Crippen molar-refractivity contribution < 1.29 is 4.74 Å². The summed E-state index contributed by atoms with van der Waals surface area (Å²) in [6.07, 6.45) is 4.29. The summed E-state index contributed by atoms with van der Waals surface area (Å²) in [6.45, 7) is 6.86. The van der Waals surface area contributed by atoms with Crippen LogP contribution in [0, 0.1) is 0 Å². The van der Waals surface area contributed by atoms with E-state index in [0.717, 1.165) is 18.8 Å². The van der Waals surface area contributed by atoms with Crippen molar-refractivity contribution in [3.63, 3.8) is 0 Å². The maximum atomic E-state index is 5.69. The minimum atomic E-state index is 0.404. The minimum Gasteiger partial charge on any atom is -0.492 e. The Morgan fingerprint density at radius 1 is 1.21 bits per heavy atom. The summed E-state index contributed by atoms with van der Waals surface area (Å²) in [7, 11) is 0. The number of aromatic nitrogens is 1. The lowest BCUT2D eigenvalue weighted by Crippen LogP contribution is -2.17. The molecule has 0 saturated heterocycles. The molecule has 2 aromatic rings. The maximum absolute atomic E-state index is 5.69. The van der Waals surface area contributed by atoms with E-state index in [1.807, 2.05) is 30.3 Å². The molecule has 0 spiro atoms. The summed E-state index contributed by atoms with van der Waals surface area (Å²) in [5.41, 5.74) is 1.32. The lowest BCUT2D eigenvalue weighted by atomic mass is 10.2. The predicted molar refractivity (Wildman–Crippen MR) is 78.5 cm³/mol. The van der Waals surface area contributed by atoms with E-state index in [1.54, 1.807) is 0 Å². The molecule has 0 fully saturated rings. The standard InChI is InChI=1S/C16H22N2O/c1-3-17-14(2)15-9-10-18(13-15)11-12-19-16-7-5-4-6-8-16/h4-10,13-14,17H,3,11-12H2,1-2H3. The second kappa shape index (κ2) is 7.00. The van der Waals surface area contributed by atoms with Gasteiger partial charge in [0.2, 0.25) is 0 Å². The molecule has 3 heteroatoms. The normalized spacial score (nSPS) is 12.3. The van der Waals surface area contributed by atoms with Crippen molar-refractivity contribution in [2.75, 3.05) is 13.2 Å². The van der Waals surface area contributed by atoms with Crippen molar-refractivity contribution in [3.05, 3.63) is 54.4 Å². The van der Waals surface area contributed by atoms with E-state index >= 15 is 0 Å². The molecule has 1 aromatic heterocycles. The molecule has 3 nitrogen and oxygen atoms in total. The van der Waals surface area contributed by atoms with Crippen molar-refractivity contribution in [1.29, 1.82) is 0 Å². The molecule has 1 N–H and O–H groups in total. The molecule has 0 aliphatic carbocycles. The topological polar surface area (TPSA) is 26.2 Å². The fraction of sp³-hybridized carbons (Fsp3) is 0.375. The highest BCUT2D eigenvalue weighted by atomic mass is 16.5. The van der Waals surface area contributed by atoms with Gasteiger partial charge in [-0.2, -0.15) is 0 Å². The predicted octanol–water partition coefficient (Wildman–Crippen LogP) is 3.24. The van der Waals surface area contributed by atoms with Gasteiger partial charge in [0.1, 0.15) is 12.4 Å². The van der Waals surface area contributed by atoms with Crippen LogP contribution in [-0.2, 0) is 6.54 Å². The first-order valence-electron chi connectivity index (χ1n) is 6.86. The van der Waals surface area contributed by atoms with Crippen LogP contribution < -0.4 is 10.1 Å². The molecule has 0 aliphatic heterocycles. The first-order valence-corrected chi connectivity index (χ1v) is 6.86. The Morgan fingerprint density at radius 2 is 2.00 bits per heavy atom. The molecule has 0 radical (unpaired) electrons. The Bertz CT molecular complexity index is 479. The van der Waals surface area contributed by atoms with Crippen LogP contribution in [0.25, 0.3) is 0 Å². The molecule has 1 aromatic carbocycles. The molecule has 0 saturated carbocycles. The van der Waals surface area contributed by atoms with Crippen LogP contribution in [-0.4, -0.2) is 17.7 Å². The fourth-order valence-electron chi connectivity index (χ4n) is 2.06. The van der Waals surface area contributed by atoms with E-state index in [1.165, 1.54) is 5.56 Å². The number of hydrogen-bond donors (Lipinski definition) is 1. The van der Waals surface area contributed by atoms with Crippen LogP contribution in [0.2, 0.25) is 0 Å². The van der Waals surface area contributed by atoms with Crippen molar-refractivity contribution in [3.8, 4) is 5.75 Å². The highest BCUT2D eigenvalue weighted by Crippen LogP contribution is 2.13. The maximum Gasteiger partial charge on any atom is 0.119 e. The first kappa shape index (κ1) is 13.7. The van der Waals surface area contributed by atoms with Gasteiger partial charge in [-0.05, 0) is 37.2 Å². The quantitative estimate of drug-likeness (QED) is 0.825. The molecule has 19 heavy (non-hydrogen) atoms. The zero-order chi connectivity index (χ0) is 13.5. The van der Waals surface area contributed by atoms with Crippen LogP contribution in [0.4, 0.5) is 0 Å². The molecular formula is C16H22N2O. The number of para-hydroxylation sites is 1. The number of nitrogens with zero attached hydrogens (tertiary/aromatic N) is 1. The molecule has 1 atom stereocenters. The average Bonchev–Trinajstić information content (AvgIpc) is 2.89. The van der Waals surface area contributed by atoms with Gasteiger partial charge in [-0.3, -0.25) is 0 Å². The third-order valence-electron chi connectivity index (χ3n) is 3.15. The van der Waals surface area contributed by atoms with Gasteiger partial charge in [-0.1, -0.05) is 25.1 Å². The largest absolute Gasteiger partial charge is 0.492 e. The summed E-state index contributed by atoms with van der Waals surface area (Å²) in [5, 5.41) is 3.41. The molecule has 0 bridgehead atoms. The van der Waals surface area contributed by atoms with E-state index in [2.05, 4.69) is 42.2 Å². The lowest BCUT2D eigenvalue weighted by Gasteiger charge is -2.10. The Morgan fingerprint density at radius 3 is 2.74 bits per heavy atom. The Labute approximate surface area is 115 Å². The summed E-state index contributed by atoms with van der Waals surface area (Å²) in [4.78, 5) is 0. The van der Waals surface area contributed by atoms with Crippen LogP contribution in [0.1, 0.15) is 25.5 Å². The second-order valence-corrected chi connectivity index (χ2v) is 4.62. The molecule has 102 valence electrons. The molecule has 2 rings (SSSR count). The SMILES string of the molecule is CCNC(C)c1ccn(CCOc2ccccc2)c1. The van der Waals surface area contributed by atoms with Gasteiger partial charge in [0.25, 0.3) is 0 Å². The third kappa shape index (κ3) is 4.14. The highest BCUT2D eigenvalue weighted by molar-refractivity contribution is 5.20. The average molecular weight is 258 g/mol. The highest BCUT2D eigenvalue weighted by Gasteiger charge is 2.05. The molecule has 1 heterocycles. The minimum absolute atomic E-state index is 0.404. The van der Waals surface area contributed by atoms with Crippen LogP contribution in [0.5, 0.6) is 5.75 Å². The van der Waals surface area contributed by atoms with Crippen LogP contribution in [0.3, 0.4) is 0 Å². The van der Waals surface area contributed by atoms with Gasteiger partial charge in [-0.25, -0.2) is 0 Å². The molecule has 1 unspecified atom stereocenters. The number of nitrogens with one attached hydrogen (secondary N) is 1. The fourth-order valence-corrected chi connectivity index (χ4v) is 2.06. The summed E-state index contributed by atoms with van der Waals surface area (Å²) < 4.78 is 7.86. The Balaban J connectivity index is 1.80. The molecular weight excluding hydrogens is 236 g/mol. The summed E-state index contributed by atoms with van der Waals surface area (Å²) in [6, 6.07) is 12.5. The van der Waals surface area contributed by atoms with E-state index < -0.39 is 0 Å². The zero-order valence-electron chi connectivity index (χ0n) is 11.7. The first-order chi connectivity index (χ1) is 9.29. The van der Waals surface area contributed by atoms with Crippen molar-refractivity contribution >= 4 is 0 Å². The number of benzene rings is 1. The van der Waals surface area contributed by atoms with Crippen LogP contribution >= 0.6 is 0 Å². The second-order valence-electron chi connectivity index (χ2n) is 4.62. The number of ether oxygens (including phenoxy) is 1. The number of rotatable bonds is 7. The smallest absolute Gasteiger partial charge is 0.119 e. The Kier molecular flexibility index (Phi) is 5.04. The van der Waals surface area contributed by atoms with Gasteiger partial charge in [0, 0.05) is 18.4 Å². The van der Waals surface area contributed by atoms with Gasteiger partial charge >= 0.3 is 0 Å². The van der Waals surface area contributed by atoms with E-state index in [9.17, 15) is 0 Å². The third-order valence-corrected chi connectivity index (χ3v) is 3.15. The summed E-state index contributed by atoms with van der Waals surface area (Å²) >= 11 is 0. The van der Waals surface area contributed by atoms with Gasteiger partial charge in [0.15, 0.2) is 0 Å². The van der Waals surface area contributed by atoms with Crippen LogP contribution in [0.15, 0.2) is 48.8 Å². The Hall–Kier alpha value is -1.74. The summed E-state index contributed by atoms with van der Waals surface area (Å²) in [5.74, 6) is 0.927. The molecule has 0 aliphatic rings. The van der Waals surface area contributed by atoms with Crippen molar-refractivity contribution in [2.24, 2.45) is 0 Å². The lowest BCUT2D eigenvalue weighted by molar-refractivity contribution is 0.298. The van der Waals surface area contributed by atoms with E-state index in [-0.39, 0.29) is 0 Å². The zero-order valence-corrected chi connectivity index (χ0v) is 11.7. The van der Waals surface area contributed by atoms with Crippen molar-refractivity contribution in [2.45, 2.75) is 26.4 Å². The van der Waals surface area contributed by atoms with Gasteiger partial charge in [0.05, 0.1) is 6.54 Å². The van der Waals surface area contributed by atoms with E-state index in [4.69, 9.17) is 4.74 Å². The van der Waals surface area contributed by atoms with Crippen molar-refractivity contribution in [1.82, 2.24) is 9.88 Å². The number of hydrogen-bond acceptors (Lipinski definition) is 2. The van der Waals surface area contributed by atoms with Gasteiger partial charge < -0.3 is 14.6 Å². The monoisotopic (exact) mass is 258 g/mol.